The van der Waals surface area contributed by atoms with E-state index < -0.39 is 41.3 Å². The largest absolute Gasteiger partial charge is 0.483 e. The minimum atomic E-state index is -1.16. The first-order valence-corrected chi connectivity index (χ1v) is 21.1. The molecule has 60 heavy (non-hydrogen) atoms. The van der Waals surface area contributed by atoms with Crippen LogP contribution in [0.4, 0.5) is 0 Å². The maximum atomic E-state index is 14.5. The molecule has 3 aliphatic heterocycles. The summed E-state index contributed by atoms with van der Waals surface area (Å²) in [5, 5.41) is 10.3. The van der Waals surface area contributed by atoms with Crippen LogP contribution in [0.2, 0.25) is 0 Å². The number of hydrogen-bond donors (Lipinski definition) is 1. The number of aryl methyl sites for hydroxylation is 2. The Morgan fingerprint density at radius 2 is 1.57 bits per heavy atom. The van der Waals surface area contributed by atoms with E-state index in [4.69, 9.17) is 23.4 Å². The highest BCUT2D eigenvalue weighted by Gasteiger charge is 2.50. The molecule has 8 rings (SSSR count). The standard InChI is InChI=1S/C51H56O9/c1-32(2)41-22-20-33-14-16-36(17-15-33)28-38(19-18-35-12-9-13-37(27-35)26-34-10-7-6-8-11-34)29-44(53)57-47-45-43(60-51(3,4)48(47)59-49(41)54)23-21-39-30-42(50(55)58-46(39)45)40(24-25-52)31-56-5/h6-17,21,23,27,30,38,40,47-48,52H,18-20,22,24-26,28-29,31H2,1-5H3/t38-,40+,47-,48-/m0/s1. The van der Waals surface area contributed by atoms with Gasteiger partial charge in [0.15, 0.2) is 12.2 Å². The predicted molar refractivity (Wildman–Crippen MR) is 231 cm³/mol. The maximum Gasteiger partial charge on any atom is 0.339 e. The number of benzene rings is 4. The van der Waals surface area contributed by atoms with Gasteiger partial charge < -0.3 is 28.5 Å². The number of rotatable bonds is 10. The summed E-state index contributed by atoms with van der Waals surface area (Å²) in [6, 6.07) is 32.8. The number of methoxy groups -OCH3 is 1. The molecular formula is C51H56O9. The molecule has 5 aromatic rings. The lowest BCUT2D eigenvalue weighted by Crippen LogP contribution is -2.52. The van der Waals surface area contributed by atoms with Crippen molar-refractivity contribution in [1.82, 2.24) is 0 Å². The minimum absolute atomic E-state index is 0.0723. The van der Waals surface area contributed by atoms with E-state index in [1.807, 2.05) is 19.9 Å². The molecule has 1 aromatic heterocycles. The van der Waals surface area contributed by atoms with Crippen LogP contribution in [0.25, 0.3) is 11.0 Å². The van der Waals surface area contributed by atoms with Crippen molar-refractivity contribution in [2.45, 2.75) is 103 Å². The average molecular weight is 813 g/mol. The summed E-state index contributed by atoms with van der Waals surface area (Å²) in [6.45, 7) is 7.47. The van der Waals surface area contributed by atoms with Gasteiger partial charge >= 0.3 is 17.6 Å². The van der Waals surface area contributed by atoms with Gasteiger partial charge in [-0.15, -0.1) is 0 Å². The van der Waals surface area contributed by atoms with Gasteiger partial charge in [0, 0.05) is 42.6 Å². The van der Waals surface area contributed by atoms with Crippen LogP contribution in [-0.4, -0.2) is 49.1 Å². The van der Waals surface area contributed by atoms with Crippen LogP contribution in [0.15, 0.2) is 117 Å². The van der Waals surface area contributed by atoms with Crippen molar-refractivity contribution in [3.8, 4) is 5.75 Å². The van der Waals surface area contributed by atoms with Crippen LogP contribution in [0.5, 0.6) is 5.75 Å². The monoisotopic (exact) mass is 812 g/mol. The Morgan fingerprint density at radius 3 is 2.30 bits per heavy atom. The number of aliphatic hydroxyl groups excluding tert-OH is 1. The number of esters is 2. The Labute approximate surface area is 352 Å². The van der Waals surface area contributed by atoms with E-state index in [1.54, 1.807) is 39.2 Å². The number of fused-ring (bicyclic) bond motifs is 13. The Kier molecular flexibility index (Phi) is 13.4. The number of carbonyl (C=O) groups is 2. The third kappa shape index (κ3) is 9.91. The summed E-state index contributed by atoms with van der Waals surface area (Å²) in [6.07, 6.45) is 2.28. The number of allylic oxidation sites excluding steroid dienone is 1. The summed E-state index contributed by atoms with van der Waals surface area (Å²) in [4.78, 5) is 42.4. The molecule has 0 aliphatic carbocycles. The fourth-order valence-electron chi connectivity index (χ4n) is 8.70. The Balaban J connectivity index is 1.26. The van der Waals surface area contributed by atoms with Crippen molar-refractivity contribution in [2.24, 2.45) is 5.92 Å². The van der Waals surface area contributed by atoms with Gasteiger partial charge in [0.25, 0.3) is 0 Å². The number of aliphatic hydroxyl groups is 1. The Bertz CT molecular complexity index is 2380. The van der Waals surface area contributed by atoms with E-state index in [0.29, 0.717) is 53.5 Å². The zero-order valence-electron chi connectivity index (χ0n) is 35.3. The SMILES string of the molecule is COC[C@@H](CCO)c1cc2ccc3c(c2oc1=O)[C@@H]1OC(=O)C[C@@H](CCc2cccc(Cc4ccccc4)c2)Cc2ccc(cc2)CCC(=C(C)C)C(=O)O[C@@H]1C(C)(C)O3. The molecule has 0 unspecified atom stereocenters. The van der Waals surface area contributed by atoms with Crippen LogP contribution in [0.1, 0.15) is 104 Å². The van der Waals surface area contributed by atoms with E-state index in [0.717, 1.165) is 36.0 Å². The first-order chi connectivity index (χ1) is 28.9. The molecule has 314 valence electrons. The van der Waals surface area contributed by atoms with Crippen LogP contribution in [0, 0.1) is 5.92 Å². The van der Waals surface area contributed by atoms with Crippen LogP contribution in [-0.2, 0) is 49.5 Å². The Morgan fingerprint density at radius 1 is 0.833 bits per heavy atom. The molecule has 9 heteroatoms. The number of carbonyl (C=O) groups excluding carboxylic acids is 2. The second-order valence-corrected chi connectivity index (χ2v) is 17.1. The fourth-order valence-corrected chi connectivity index (χ4v) is 8.70. The third-order valence-electron chi connectivity index (χ3n) is 11.9. The van der Waals surface area contributed by atoms with E-state index in [2.05, 4.69) is 72.8 Å². The molecule has 0 radical (unpaired) electrons. The van der Waals surface area contributed by atoms with Crippen molar-refractivity contribution in [3.05, 3.63) is 158 Å². The average Bonchev–Trinajstić information content (AvgIpc) is 3.21. The zero-order chi connectivity index (χ0) is 42.4. The van der Waals surface area contributed by atoms with E-state index in [-0.39, 0.29) is 31.1 Å². The summed E-state index contributed by atoms with van der Waals surface area (Å²) in [5.74, 6) is -1.09. The van der Waals surface area contributed by atoms with E-state index in [1.165, 1.54) is 16.7 Å². The first-order valence-electron chi connectivity index (χ1n) is 21.1. The third-order valence-corrected chi connectivity index (χ3v) is 11.9. The lowest BCUT2D eigenvalue weighted by atomic mass is 9.86. The second-order valence-electron chi connectivity index (χ2n) is 17.1. The highest BCUT2D eigenvalue weighted by atomic mass is 16.6. The summed E-state index contributed by atoms with van der Waals surface area (Å²) >= 11 is 0. The van der Waals surface area contributed by atoms with Gasteiger partial charge in [0.05, 0.1) is 12.2 Å². The topological polar surface area (TPSA) is 122 Å². The summed E-state index contributed by atoms with van der Waals surface area (Å²) in [7, 11) is 1.54. The summed E-state index contributed by atoms with van der Waals surface area (Å²) < 4.78 is 31.0. The van der Waals surface area contributed by atoms with Gasteiger partial charge in [-0.1, -0.05) is 84.4 Å². The number of ether oxygens (including phenoxy) is 4. The number of hydrogen-bond acceptors (Lipinski definition) is 9. The molecule has 3 aliphatic rings. The molecule has 0 amide bonds. The normalized spacial score (nSPS) is 19.8. The molecule has 4 heterocycles. The van der Waals surface area contributed by atoms with Crippen LogP contribution < -0.4 is 10.4 Å². The van der Waals surface area contributed by atoms with Gasteiger partial charge in [0.2, 0.25) is 0 Å². The van der Waals surface area contributed by atoms with E-state index >= 15 is 0 Å². The minimum Gasteiger partial charge on any atom is -0.483 e. The Hall–Kier alpha value is -5.51. The smallest absolute Gasteiger partial charge is 0.339 e. The quantitative estimate of drug-likeness (QED) is 0.0836. The van der Waals surface area contributed by atoms with Gasteiger partial charge in [0.1, 0.15) is 16.9 Å². The van der Waals surface area contributed by atoms with Crippen molar-refractivity contribution in [1.29, 1.82) is 0 Å². The van der Waals surface area contributed by atoms with Gasteiger partial charge in [-0.3, -0.25) is 4.79 Å². The molecule has 0 fully saturated rings. The molecule has 0 saturated carbocycles. The lowest BCUT2D eigenvalue weighted by Gasteiger charge is -2.43. The van der Waals surface area contributed by atoms with Crippen molar-refractivity contribution in [3.63, 3.8) is 0 Å². The molecule has 0 saturated heterocycles. The predicted octanol–water partition coefficient (Wildman–Crippen LogP) is 9.33. The van der Waals surface area contributed by atoms with E-state index in [9.17, 15) is 19.5 Å². The molecule has 4 atom stereocenters. The first kappa shape index (κ1) is 42.6. The van der Waals surface area contributed by atoms with Crippen molar-refractivity contribution < 1.29 is 38.1 Å². The molecule has 0 spiro atoms. The zero-order valence-corrected chi connectivity index (χ0v) is 35.3. The lowest BCUT2D eigenvalue weighted by molar-refractivity contribution is -0.188. The van der Waals surface area contributed by atoms with Gasteiger partial charge in [-0.2, -0.15) is 0 Å². The van der Waals surface area contributed by atoms with Gasteiger partial charge in [-0.05, 0) is 125 Å². The molecule has 2 bridgehead atoms. The van der Waals surface area contributed by atoms with Crippen molar-refractivity contribution in [2.75, 3.05) is 20.3 Å². The van der Waals surface area contributed by atoms with Crippen LogP contribution >= 0.6 is 0 Å². The van der Waals surface area contributed by atoms with Crippen LogP contribution in [0.3, 0.4) is 0 Å². The summed E-state index contributed by atoms with van der Waals surface area (Å²) in [5.41, 5.74) is 6.39. The highest BCUT2D eigenvalue weighted by molar-refractivity contribution is 5.90. The molecular weight excluding hydrogens is 757 g/mol. The maximum absolute atomic E-state index is 14.5. The van der Waals surface area contributed by atoms with Crippen molar-refractivity contribution >= 4 is 22.9 Å². The highest BCUT2D eigenvalue weighted by Crippen LogP contribution is 2.47. The molecule has 9 nitrogen and oxygen atoms in total. The fraction of sp³-hybridized carbons (Fsp3) is 0.392. The molecule has 4 aromatic carbocycles. The van der Waals surface area contributed by atoms with Gasteiger partial charge in [-0.25, -0.2) is 9.59 Å². The second kappa shape index (κ2) is 18.8. The molecule has 1 N–H and O–H groups in total.